The van der Waals surface area contributed by atoms with Gasteiger partial charge in [0.05, 0.1) is 5.02 Å². The fourth-order valence-corrected chi connectivity index (χ4v) is 2.38. The summed E-state index contributed by atoms with van der Waals surface area (Å²) in [5.41, 5.74) is 7.99. The molecule has 0 saturated heterocycles. The van der Waals surface area contributed by atoms with Crippen molar-refractivity contribution in [3.8, 4) is 11.5 Å². The summed E-state index contributed by atoms with van der Waals surface area (Å²) in [5.74, 6) is 1.69. The molecular weight excluding hydrogens is 226 g/mol. The standard InChI is InChI=1S/C12H16ClNO2/c1-3-8-9(7(2)5-14)4-10-12(11(8)13)16-6-15-10/h4,7H,3,5-6,14H2,1-2H3. The Labute approximate surface area is 100 Å². The van der Waals surface area contributed by atoms with Gasteiger partial charge in [-0.2, -0.15) is 0 Å². The minimum absolute atomic E-state index is 0.249. The average molecular weight is 242 g/mol. The maximum absolute atomic E-state index is 6.31. The first-order valence-corrected chi connectivity index (χ1v) is 5.87. The number of halogens is 1. The lowest BCUT2D eigenvalue weighted by Crippen LogP contribution is -2.11. The first kappa shape index (κ1) is 11.6. The summed E-state index contributed by atoms with van der Waals surface area (Å²) in [6, 6.07) is 2.00. The van der Waals surface area contributed by atoms with Crippen LogP contribution in [-0.2, 0) is 6.42 Å². The van der Waals surface area contributed by atoms with Crippen molar-refractivity contribution in [2.24, 2.45) is 5.73 Å². The molecule has 2 rings (SSSR count). The highest BCUT2D eigenvalue weighted by Gasteiger charge is 2.23. The maximum atomic E-state index is 6.31. The van der Waals surface area contributed by atoms with Crippen molar-refractivity contribution >= 4 is 11.6 Å². The fraction of sp³-hybridized carbons (Fsp3) is 0.500. The molecule has 3 nitrogen and oxygen atoms in total. The quantitative estimate of drug-likeness (QED) is 0.885. The van der Waals surface area contributed by atoms with Gasteiger partial charge < -0.3 is 15.2 Å². The van der Waals surface area contributed by atoms with Crippen LogP contribution in [0.3, 0.4) is 0 Å². The molecule has 1 aromatic rings. The Kier molecular flexibility index (Phi) is 3.26. The minimum Gasteiger partial charge on any atom is -0.454 e. The third-order valence-electron chi connectivity index (χ3n) is 2.98. The van der Waals surface area contributed by atoms with Gasteiger partial charge in [-0.05, 0) is 36.1 Å². The van der Waals surface area contributed by atoms with Gasteiger partial charge in [0.25, 0.3) is 0 Å². The summed E-state index contributed by atoms with van der Waals surface area (Å²) >= 11 is 6.31. The Hall–Kier alpha value is -0.930. The summed E-state index contributed by atoms with van der Waals surface area (Å²) < 4.78 is 10.7. The largest absolute Gasteiger partial charge is 0.454 e. The molecule has 4 heteroatoms. The third-order valence-corrected chi connectivity index (χ3v) is 3.38. The number of fused-ring (bicyclic) bond motifs is 1. The van der Waals surface area contributed by atoms with Crippen LogP contribution < -0.4 is 15.2 Å². The molecule has 0 radical (unpaired) electrons. The van der Waals surface area contributed by atoms with Gasteiger partial charge in [-0.25, -0.2) is 0 Å². The molecule has 1 atom stereocenters. The van der Waals surface area contributed by atoms with Gasteiger partial charge in [0.15, 0.2) is 11.5 Å². The van der Waals surface area contributed by atoms with Crippen LogP contribution in [0.15, 0.2) is 6.07 Å². The van der Waals surface area contributed by atoms with E-state index < -0.39 is 0 Å². The highest BCUT2D eigenvalue weighted by atomic mass is 35.5. The van der Waals surface area contributed by atoms with Gasteiger partial charge in [0, 0.05) is 0 Å². The second-order valence-electron chi connectivity index (χ2n) is 3.98. The minimum atomic E-state index is 0.249. The molecule has 1 aromatic carbocycles. The van der Waals surface area contributed by atoms with Crippen molar-refractivity contribution in [2.75, 3.05) is 13.3 Å². The summed E-state index contributed by atoms with van der Waals surface area (Å²) in [6.07, 6.45) is 0.870. The second kappa shape index (κ2) is 4.52. The van der Waals surface area contributed by atoms with E-state index in [0.717, 1.165) is 17.7 Å². The van der Waals surface area contributed by atoms with Crippen molar-refractivity contribution in [3.05, 3.63) is 22.2 Å². The van der Waals surface area contributed by atoms with E-state index in [9.17, 15) is 0 Å². The van der Waals surface area contributed by atoms with Crippen LogP contribution >= 0.6 is 11.6 Å². The van der Waals surface area contributed by atoms with Crippen LogP contribution in [0.2, 0.25) is 5.02 Å². The summed E-state index contributed by atoms with van der Waals surface area (Å²) in [7, 11) is 0. The molecule has 0 bridgehead atoms. The molecule has 88 valence electrons. The number of ether oxygens (including phenoxy) is 2. The van der Waals surface area contributed by atoms with Crippen LogP contribution in [0.4, 0.5) is 0 Å². The van der Waals surface area contributed by atoms with Crippen LogP contribution in [0.25, 0.3) is 0 Å². The molecule has 0 saturated carbocycles. The predicted octanol–water partition coefficient (Wildman–Crippen LogP) is 2.69. The molecule has 0 fully saturated rings. The molecule has 2 N–H and O–H groups in total. The molecular formula is C12H16ClNO2. The van der Waals surface area contributed by atoms with Crippen LogP contribution in [0, 0.1) is 0 Å². The molecule has 0 spiro atoms. The Morgan fingerprint density at radius 2 is 2.25 bits per heavy atom. The van der Waals surface area contributed by atoms with Gasteiger partial charge in [0.2, 0.25) is 6.79 Å². The first-order valence-electron chi connectivity index (χ1n) is 5.50. The maximum Gasteiger partial charge on any atom is 0.231 e. The average Bonchev–Trinajstić information content (AvgIpc) is 2.76. The Morgan fingerprint density at radius 3 is 2.88 bits per heavy atom. The molecule has 1 heterocycles. The smallest absolute Gasteiger partial charge is 0.231 e. The third kappa shape index (κ3) is 1.74. The van der Waals surface area contributed by atoms with Crippen LogP contribution in [0.1, 0.15) is 30.9 Å². The number of hydrogen-bond donors (Lipinski definition) is 1. The normalized spacial score (nSPS) is 15.2. The number of benzene rings is 1. The molecule has 1 aliphatic rings. The van der Waals surface area contributed by atoms with Gasteiger partial charge in [0.1, 0.15) is 0 Å². The lowest BCUT2D eigenvalue weighted by molar-refractivity contribution is 0.174. The van der Waals surface area contributed by atoms with E-state index in [2.05, 4.69) is 13.8 Å². The molecule has 0 aliphatic carbocycles. The van der Waals surface area contributed by atoms with E-state index in [0.29, 0.717) is 17.3 Å². The van der Waals surface area contributed by atoms with Crippen molar-refractivity contribution in [3.63, 3.8) is 0 Å². The Morgan fingerprint density at radius 1 is 1.50 bits per heavy atom. The molecule has 0 amide bonds. The van der Waals surface area contributed by atoms with Crippen LogP contribution in [-0.4, -0.2) is 13.3 Å². The van der Waals surface area contributed by atoms with E-state index in [1.54, 1.807) is 0 Å². The highest BCUT2D eigenvalue weighted by molar-refractivity contribution is 6.33. The van der Waals surface area contributed by atoms with Gasteiger partial charge in [-0.15, -0.1) is 0 Å². The Bertz CT molecular complexity index is 406. The molecule has 0 aromatic heterocycles. The lowest BCUT2D eigenvalue weighted by atomic mass is 9.93. The first-order chi connectivity index (χ1) is 7.69. The zero-order valence-corrected chi connectivity index (χ0v) is 10.3. The van der Waals surface area contributed by atoms with E-state index in [1.165, 1.54) is 5.56 Å². The van der Waals surface area contributed by atoms with Crippen molar-refractivity contribution in [1.82, 2.24) is 0 Å². The van der Waals surface area contributed by atoms with Crippen molar-refractivity contribution in [2.45, 2.75) is 26.2 Å². The Balaban J connectivity index is 2.56. The molecule has 16 heavy (non-hydrogen) atoms. The van der Waals surface area contributed by atoms with E-state index >= 15 is 0 Å². The highest BCUT2D eigenvalue weighted by Crippen LogP contribution is 2.44. The summed E-state index contributed by atoms with van der Waals surface area (Å²) in [5, 5.41) is 0.674. The second-order valence-corrected chi connectivity index (χ2v) is 4.36. The van der Waals surface area contributed by atoms with E-state index in [1.807, 2.05) is 6.07 Å². The van der Waals surface area contributed by atoms with Crippen molar-refractivity contribution in [1.29, 1.82) is 0 Å². The fourth-order valence-electron chi connectivity index (χ4n) is 1.99. The topological polar surface area (TPSA) is 44.5 Å². The van der Waals surface area contributed by atoms with Crippen molar-refractivity contribution < 1.29 is 9.47 Å². The van der Waals surface area contributed by atoms with Gasteiger partial charge in [-0.3, -0.25) is 0 Å². The van der Waals surface area contributed by atoms with Crippen LogP contribution in [0.5, 0.6) is 11.5 Å². The van der Waals surface area contributed by atoms with E-state index in [-0.39, 0.29) is 12.7 Å². The predicted molar refractivity (Wildman–Crippen MR) is 64.4 cm³/mol. The monoisotopic (exact) mass is 241 g/mol. The zero-order valence-electron chi connectivity index (χ0n) is 9.55. The zero-order chi connectivity index (χ0) is 11.7. The van der Waals surface area contributed by atoms with Gasteiger partial charge >= 0.3 is 0 Å². The number of rotatable bonds is 3. The number of hydrogen-bond acceptors (Lipinski definition) is 3. The number of nitrogens with two attached hydrogens (primary N) is 1. The summed E-state index contributed by atoms with van der Waals surface area (Å²) in [4.78, 5) is 0. The van der Waals surface area contributed by atoms with Gasteiger partial charge in [-0.1, -0.05) is 25.4 Å². The SMILES string of the molecule is CCc1c(C(C)CN)cc2c(c1Cl)OCO2. The lowest BCUT2D eigenvalue weighted by Gasteiger charge is -2.16. The summed E-state index contributed by atoms with van der Waals surface area (Å²) in [6.45, 7) is 5.02. The molecule has 1 unspecified atom stereocenters. The van der Waals surface area contributed by atoms with E-state index in [4.69, 9.17) is 26.8 Å². The molecule has 1 aliphatic heterocycles.